The Bertz CT molecular complexity index is 449. The van der Waals surface area contributed by atoms with Gasteiger partial charge in [-0.15, -0.1) is 0 Å². The lowest BCUT2D eigenvalue weighted by molar-refractivity contribution is -0.163. The van der Waals surface area contributed by atoms with Crippen molar-refractivity contribution in [2.75, 3.05) is 0 Å². The van der Waals surface area contributed by atoms with Crippen LogP contribution in [0, 0.1) is 29.6 Å². The number of hydrogen-bond acceptors (Lipinski definition) is 4. The highest BCUT2D eigenvalue weighted by atomic mass is 16.6. The van der Waals surface area contributed by atoms with Gasteiger partial charge in [-0.3, -0.25) is 9.59 Å². The van der Waals surface area contributed by atoms with Crippen molar-refractivity contribution >= 4 is 11.9 Å². The van der Waals surface area contributed by atoms with Crippen molar-refractivity contribution in [2.45, 2.75) is 78.9 Å². The van der Waals surface area contributed by atoms with Gasteiger partial charge in [0.05, 0.1) is 11.8 Å². The molecule has 0 aliphatic heterocycles. The molecule has 0 radical (unpaired) electrons. The van der Waals surface area contributed by atoms with Gasteiger partial charge in [0.15, 0.2) is 0 Å². The molecule has 2 fully saturated rings. The fourth-order valence-corrected chi connectivity index (χ4v) is 3.58. The molecule has 4 nitrogen and oxygen atoms in total. The molecule has 0 saturated heterocycles. The summed E-state index contributed by atoms with van der Waals surface area (Å²) in [6.07, 6.45) is 3.85. The van der Waals surface area contributed by atoms with Crippen molar-refractivity contribution in [2.24, 2.45) is 29.6 Å². The minimum atomic E-state index is -0.504. The second-order valence-corrected chi connectivity index (χ2v) is 8.78. The molecule has 0 spiro atoms. The van der Waals surface area contributed by atoms with Crippen molar-refractivity contribution in [1.29, 1.82) is 0 Å². The SMILES string of the molecule is CC(C)[C@@H]1CC[C@@H](C)C[C@H]1OC(=O)[C@@H]1C[C@H]1C(=O)OC(C)(C)C. The highest BCUT2D eigenvalue weighted by Gasteiger charge is 2.52. The molecule has 0 aromatic heterocycles. The minimum Gasteiger partial charge on any atom is -0.462 e. The van der Waals surface area contributed by atoms with Gasteiger partial charge in [0, 0.05) is 0 Å². The number of rotatable bonds is 4. The lowest BCUT2D eigenvalue weighted by Crippen LogP contribution is -2.36. The molecule has 0 amide bonds. The number of carbonyl (C=O) groups excluding carboxylic acids is 2. The van der Waals surface area contributed by atoms with Crippen LogP contribution in [0.15, 0.2) is 0 Å². The van der Waals surface area contributed by atoms with E-state index in [0.717, 1.165) is 12.8 Å². The Kier molecular flexibility index (Phi) is 5.42. The first-order chi connectivity index (χ1) is 10.6. The molecular weight excluding hydrogens is 292 g/mol. The molecule has 0 aromatic carbocycles. The summed E-state index contributed by atoms with van der Waals surface area (Å²) in [5.41, 5.74) is -0.504. The van der Waals surface area contributed by atoms with Crippen molar-refractivity contribution < 1.29 is 19.1 Å². The van der Waals surface area contributed by atoms with Gasteiger partial charge in [0.2, 0.25) is 0 Å². The minimum absolute atomic E-state index is 0.00568. The van der Waals surface area contributed by atoms with Gasteiger partial charge in [-0.1, -0.05) is 27.2 Å². The maximum absolute atomic E-state index is 12.4. The third-order valence-corrected chi connectivity index (χ3v) is 5.03. The van der Waals surface area contributed by atoms with Crippen molar-refractivity contribution in [3.05, 3.63) is 0 Å². The van der Waals surface area contributed by atoms with Gasteiger partial charge in [-0.05, 0) is 57.8 Å². The molecule has 23 heavy (non-hydrogen) atoms. The van der Waals surface area contributed by atoms with E-state index >= 15 is 0 Å². The van der Waals surface area contributed by atoms with Crippen LogP contribution in [0.2, 0.25) is 0 Å². The molecule has 0 unspecified atom stereocenters. The normalized spacial score (nSPS) is 34.1. The van der Waals surface area contributed by atoms with E-state index in [4.69, 9.17) is 9.47 Å². The second kappa shape index (κ2) is 6.82. The maximum atomic E-state index is 12.4. The first-order valence-corrected chi connectivity index (χ1v) is 9.02. The zero-order valence-corrected chi connectivity index (χ0v) is 15.4. The predicted molar refractivity (Wildman–Crippen MR) is 88.7 cm³/mol. The molecule has 132 valence electrons. The average molecular weight is 324 g/mol. The van der Waals surface area contributed by atoms with Gasteiger partial charge in [-0.25, -0.2) is 0 Å². The van der Waals surface area contributed by atoms with E-state index in [0.29, 0.717) is 24.2 Å². The number of hydrogen-bond donors (Lipinski definition) is 0. The topological polar surface area (TPSA) is 52.6 Å². The van der Waals surface area contributed by atoms with Crippen molar-refractivity contribution in [3.8, 4) is 0 Å². The zero-order valence-electron chi connectivity index (χ0n) is 15.4. The lowest BCUT2D eigenvalue weighted by atomic mass is 9.75. The van der Waals surface area contributed by atoms with Gasteiger partial charge < -0.3 is 9.47 Å². The Morgan fingerprint density at radius 1 is 1.00 bits per heavy atom. The van der Waals surface area contributed by atoms with Crippen LogP contribution >= 0.6 is 0 Å². The standard InChI is InChI=1S/C19H32O4/c1-11(2)13-8-7-12(3)9-16(13)22-17(20)14-10-15(14)18(21)23-19(4,5)6/h11-16H,7-10H2,1-6H3/t12-,13+,14-,15-,16-/m1/s1. The molecule has 2 aliphatic rings. The third-order valence-electron chi connectivity index (χ3n) is 5.03. The van der Waals surface area contributed by atoms with Gasteiger partial charge >= 0.3 is 11.9 Å². The van der Waals surface area contributed by atoms with Crippen LogP contribution in [0.5, 0.6) is 0 Å². The average Bonchev–Trinajstić information content (AvgIpc) is 3.16. The lowest BCUT2D eigenvalue weighted by Gasteiger charge is -2.36. The number of esters is 2. The summed E-state index contributed by atoms with van der Waals surface area (Å²) in [6.45, 7) is 12.1. The van der Waals surface area contributed by atoms with Crippen molar-refractivity contribution in [1.82, 2.24) is 0 Å². The summed E-state index contributed by atoms with van der Waals surface area (Å²) in [5, 5.41) is 0. The van der Waals surface area contributed by atoms with E-state index in [1.807, 2.05) is 20.8 Å². The van der Waals surface area contributed by atoms with Crippen LogP contribution in [-0.2, 0) is 19.1 Å². The molecule has 2 saturated carbocycles. The van der Waals surface area contributed by atoms with E-state index in [2.05, 4.69) is 20.8 Å². The Balaban J connectivity index is 1.88. The molecule has 2 rings (SSSR count). The predicted octanol–water partition coefficient (Wildman–Crippen LogP) is 3.97. The summed E-state index contributed by atoms with van der Waals surface area (Å²) < 4.78 is 11.2. The molecule has 0 aromatic rings. The van der Waals surface area contributed by atoms with Crippen LogP contribution in [0.25, 0.3) is 0 Å². The quantitative estimate of drug-likeness (QED) is 0.734. The third kappa shape index (κ3) is 4.95. The summed E-state index contributed by atoms with van der Waals surface area (Å²) in [7, 11) is 0. The highest BCUT2D eigenvalue weighted by Crippen LogP contribution is 2.43. The number of ether oxygens (including phenoxy) is 2. The van der Waals surface area contributed by atoms with E-state index in [-0.39, 0.29) is 29.9 Å². The molecule has 0 bridgehead atoms. The summed E-state index contributed by atoms with van der Waals surface area (Å²) in [4.78, 5) is 24.4. The molecule has 0 heterocycles. The maximum Gasteiger partial charge on any atom is 0.310 e. The Labute approximate surface area is 140 Å². The fourth-order valence-electron chi connectivity index (χ4n) is 3.58. The smallest absolute Gasteiger partial charge is 0.310 e. The molecule has 5 atom stereocenters. The first-order valence-electron chi connectivity index (χ1n) is 9.02. The first kappa shape index (κ1) is 18.3. The van der Waals surface area contributed by atoms with Gasteiger partial charge in [-0.2, -0.15) is 0 Å². The van der Waals surface area contributed by atoms with E-state index < -0.39 is 5.60 Å². The number of carbonyl (C=O) groups is 2. The highest BCUT2D eigenvalue weighted by molar-refractivity contribution is 5.87. The van der Waals surface area contributed by atoms with E-state index in [1.165, 1.54) is 6.42 Å². The van der Waals surface area contributed by atoms with Crippen LogP contribution in [0.1, 0.15) is 67.2 Å². The Morgan fingerprint density at radius 2 is 1.61 bits per heavy atom. The van der Waals surface area contributed by atoms with Gasteiger partial charge in [0.25, 0.3) is 0 Å². The summed E-state index contributed by atoms with van der Waals surface area (Å²) in [6, 6.07) is 0. The molecule has 0 N–H and O–H groups in total. The monoisotopic (exact) mass is 324 g/mol. The van der Waals surface area contributed by atoms with Crippen LogP contribution in [0.3, 0.4) is 0 Å². The largest absolute Gasteiger partial charge is 0.462 e. The van der Waals surface area contributed by atoms with Crippen molar-refractivity contribution in [3.63, 3.8) is 0 Å². The second-order valence-electron chi connectivity index (χ2n) is 8.78. The fraction of sp³-hybridized carbons (Fsp3) is 0.895. The molecular formula is C19H32O4. The Hall–Kier alpha value is -1.06. The van der Waals surface area contributed by atoms with Crippen LogP contribution < -0.4 is 0 Å². The van der Waals surface area contributed by atoms with Crippen LogP contribution in [0.4, 0.5) is 0 Å². The van der Waals surface area contributed by atoms with Gasteiger partial charge in [0.1, 0.15) is 11.7 Å². The summed E-state index contributed by atoms with van der Waals surface area (Å²) in [5.74, 6) is 0.483. The van der Waals surface area contributed by atoms with Crippen LogP contribution in [-0.4, -0.2) is 23.6 Å². The van der Waals surface area contributed by atoms with E-state index in [9.17, 15) is 9.59 Å². The van der Waals surface area contributed by atoms with E-state index in [1.54, 1.807) is 0 Å². The molecule has 2 aliphatic carbocycles. The Morgan fingerprint density at radius 3 is 2.17 bits per heavy atom. The summed E-state index contributed by atoms with van der Waals surface area (Å²) >= 11 is 0. The zero-order chi connectivity index (χ0) is 17.4. The molecule has 4 heteroatoms.